The van der Waals surface area contributed by atoms with E-state index in [9.17, 15) is 9.59 Å². The molecule has 0 saturated carbocycles. The van der Waals surface area contributed by atoms with Crippen LogP contribution in [0.15, 0.2) is 30.5 Å². The Morgan fingerprint density at radius 2 is 2.19 bits per heavy atom. The smallest absolute Gasteiger partial charge is 0.240 e. The lowest BCUT2D eigenvalue weighted by Crippen LogP contribution is -2.35. The highest BCUT2D eigenvalue weighted by Crippen LogP contribution is 2.30. The maximum atomic E-state index is 11.9. The van der Waals surface area contributed by atoms with E-state index in [-0.39, 0.29) is 5.91 Å². The molecule has 1 aromatic heterocycles. The molecule has 3 rings (SSSR count). The van der Waals surface area contributed by atoms with Crippen molar-refractivity contribution in [2.75, 3.05) is 43.5 Å². The van der Waals surface area contributed by atoms with Crippen LogP contribution >= 0.6 is 12.8 Å². The molecule has 1 aliphatic rings. The first-order valence-electron chi connectivity index (χ1n) is 8.47. The van der Waals surface area contributed by atoms with E-state index < -0.39 is 0 Å². The maximum absolute atomic E-state index is 11.9. The van der Waals surface area contributed by atoms with Crippen LogP contribution in [0.1, 0.15) is 23.0 Å². The van der Waals surface area contributed by atoms with Crippen LogP contribution in [0.3, 0.4) is 0 Å². The lowest BCUT2D eigenvalue weighted by molar-refractivity contribution is -0.117. The van der Waals surface area contributed by atoms with Gasteiger partial charge in [-0.15, -0.1) is 0 Å². The summed E-state index contributed by atoms with van der Waals surface area (Å²) >= 11 is 3.80. The molecule has 0 saturated heterocycles. The van der Waals surface area contributed by atoms with Gasteiger partial charge in [-0.05, 0) is 49.5 Å². The number of thiol groups is 1. The number of benzene rings is 1. The molecule has 0 spiro atoms. The number of likely N-dealkylation sites (N-methyl/N-ethyl adjacent to an activating group) is 3. The topological polar surface area (TPSA) is 70.5 Å². The summed E-state index contributed by atoms with van der Waals surface area (Å²) in [6, 6.07) is 7.85. The number of carbonyl (C=O) groups is 2. The van der Waals surface area contributed by atoms with Gasteiger partial charge in [0.1, 0.15) is 5.69 Å². The number of fused-ring (bicyclic) bond motifs is 1. The molecule has 140 valence electrons. The summed E-state index contributed by atoms with van der Waals surface area (Å²) in [5.41, 5.74) is 4.04. The molecule has 8 heteroatoms. The van der Waals surface area contributed by atoms with Crippen LogP contribution in [-0.4, -0.2) is 55.1 Å². The zero-order chi connectivity index (χ0) is 19.1. The van der Waals surface area contributed by atoms with Crippen molar-refractivity contribution < 1.29 is 9.59 Å². The third-order valence-electron chi connectivity index (χ3n) is 4.26. The SMILES string of the molecule is CCNCC(=O)N(C)c1ccc2c(c1)N(C)CC2.O=Cc1ccnn1S. The van der Waals surface area contributed by atoms with Gasteiger partial charge in [-0.3, -0.25) is 9.59 Å². The summed E-state index contributed by atoms with van der Waals surface area (Å²) in [7, 11) is 3.92. The first kappa shape index (κ1) is 20.0. The minimum atomic E-state index is 0.0949. The number of rotatable bonds is 5. The van der Waals surface area contributed by atoms with E-state index in [2.05, 4.69) is 47.3 Å². The number of aromatic nitrogens is 2. The fraction of sp³-hybridized carbons (Fsp3) is 0.389. The Bertz CT molecular complexity index is 762. The molecule has 0 fully saturated rings. The second kappa shape index (κ2) is 9.40. The second-order valence-corrected chi connectivity index (χ2v) is 6.36. The van der Waals surface area contributed by atoms with Crippen molar-refractivity contribution in [1.29, 1.82) is 0 Å². The number of carbonyl (C=O) groups excluding carboxylic acids is 2. The van der Waals surface area contributed by atoms with Crippen molar-refractivity contribution in [1.82, 2.24) is 14.5 Å². The van der Waals surface area contributed by atoms with E-state index in [1.54, 1.807) is 11.0 Å². The number of aldehydes is 1. The maximum Gasteiger partial charge on any atom is 0.240 e. The Morgan fingerprint density at radius 1 is 1.42 bits per heavy atom. The highest BCUT2D eigenvalue weighted by atomic mass is 32.1. The van der Waals surface area contributed by atoms with Gasteiger partial charge < -0.3 is 15.1 Å². The predicted octanol–water partition coefficient (Wildman–Crippen LogP) is 1.64. The minimum Gasteiger partial charge on any atom is -0.374 e. The van der Waals surface area contributed by atoms with E-state index in [0.29, 0.717) is 18.5 Å². The predicted molar refractivity (Wildman–Crippen MR) is 107 cm³/mol. The Morgan fingerprint density at radius 3 is 2.77 bits per heavy atom. The molecular formula is C18H25N5O2S. The number of hydrogen-bond acceptors (Lipinski definition) is 6. The summed E-state index contributed by atoms with van der Waals surface area (Å²) in [4.78, 5) is 25.9. The molecule has 0 bridgehead atoms. The zero-order valence-corrected chi connectivity index (χ0v) is 16.2. The van der Waals surface area contributed by atoms with E-state index in [0.717, 1.165) is 25.2 Å². The molecular weight excluding hydrogens is 350 g/mol. The van der Waals surface area contributed by atoms with Gasteiger partial charge in [-0.25, -0.2) is 4.09 Å². The quantitative estimate of drug-likeness (QED) is 0.614. The van der Waals surface area contributed by atoms with Gasteiger partial charge in [-0.2, -0.15) is 5.10 Å². The summed E-state index contributed by atoms with van der Waals surface area (Å²) in [6.07, 6.45) is 3.30. The van der Waals surface area contributed by atoms with Gasteiger partial charge >= 0.3 is 0 Å². The molecule has 0 aliphatic carbocycles. The lowest BCUT2D eigenvalue weighted by atomic mass is 10.1. The third kappa shape index (κ3) is 4.86. The highest BCUT2D eigenvalue weighted by Gasteiger charge is 2.18. The van der Waals surface area contributed by atoms with Crippen molar-refractivity contribution in [2.24, 2.45) is 0 Å². The highest BCUT2D eigenvalue weighted by molar-refractivity contribution is 7.78. The van der Waals surface area contributed by atoms with Crippen molar-refractivity contribution in [3.8, 4) is 0 Å². The standard InChI is InChI=1S/C14H21N3O.C4H4N2OS/c1-4-15-10-14(18)17(3)12-6-5-11-7-8-16(2)13(11)9-12;7-3-4-1-2-5-6(4)8/h5-6,9,15H,4,7-8,10H2,1-3H3;1-3,8H. The molecule has 2 aromatic rings. The van der Waals surface area contributed by atoms with E-state index in [4.69, 9.17) is 0 Å². The molecule has 1 aliphatic heterocycles. The van der Waals surface area contributed by atoms with Crippen molar-refractivity contribution >= 4 is 36.4 Å². The van der Waals surface area contributed by atoms with Gasteiger partial charge in [0.25, 0.3) is 0 Å². The Hall–Kier alpha value is -2.32. The fourth-order valence-electron chi connectivity index (χ4n) is 2.62. The molecule has 1 N–H and O–H groups in total. The van der Waals surface area contributed by atoms with E-state index in [1.165, 1.54) is 21.5 Å². The van der Waals surface area contributed by atoms with E-state index >= 15 is 0 Å². The van der Waals surface area contributed by atoms with Crippen LogP contribution in [0, 0.1) is 0 Å². The van der Waals surface area contributed by atoms with Gasteiger partial charge in [0.05, 0.1) is 12.7 Å². The van der Waals surface area contributed by atoms with Crippen molar-refractivity contribution in [3.63, 3.8) is 0 Å². The van der Waals surface area contributed by atoms with Crippen LogP contribution in [0.25, 0.3) is 0 Å². The molecule has 0 atom stereocenters. The molecule has 7 nitrogen and oxygen atoms in total. The first-order valence-corrected chi connectivity index (χ1v) is 8.87. The zero-order valence-electron chi connectivity index (χ0n) is 15.3. The molecule has 0 unspecified atom stereocenters. The number of nitrogens with zero attached hydrogens (tertiary/aromatic N) is 4. The molecule has 1 aromatic carbocycles. The monoisotopic (exact) mass is 375 g/mol. The second-order valence-electron chi connectivity index (χ2n) is 5.98. The van der Waals surface area contributed by atoms with Gasteiger partial charge in [0.15, 0.2) is 6.29 Å². The van der Waals surface area contributed by atoms with Gasteiger partial charge in [0, 0.05) is 32.0 Å². The van der Waals surface area contributed by atoms with Crippen LogP contribution in [0.2, 0.25) is 0 Å². The molecule has 0 radical (unpaired) electrons. The third-order valence-corrected chi connectivity index (χ3v) is 4.59. The van der Waals surface area contributed by atoms with Crippen LogP contribution in [0.5, 0.6) is 0 Å². The number of anilines is 2. The fourth-order valence-corrected chi connectivity index (χ4v) is 2.80. The number of hydrogen-bond donors (Lipinski definition) is 2. The van der Waals surface area contributed by atoms with Crippen molar-refractivity contribution in [3.05, 3.63) is 41.7 Å². The normalized spacial score (nSPS) is 12.2. The summed E-state index contributed by atoms with van der Waals surface area (Å²) < 4.78 is 1.22. The molecule has 26 heavy (non-hydrogen) atoms. The largest absolute Gasteiger partial charge is 0.374 e. The first-order chi connectivity index (χ1) is 12.5. The van der Waals surface area contributed by atoms with Crippen molar-refractivity contribution in [2.45, 2.75) is 13.3 Å². The summed E-state index contributed by atoms with van der Waals surface area (Å²) in [5, 5.41) is 6.70. The van der Waals surface area contributed by atoms with E-state index in [1.807, 2.05) is 20.0 Å². The Labute approximate surface area is 159 Å². The average Bonchev–Trinajstić information content (AvgIpc) is 3.24. The number of nitrogens with one attached hydrogen (secondary N) is 1. The summed E-state index contributed by atoms with van der Waals surface area (Å²) in [6.45, 7) is 4.26. The van der Waals surface area contributed by atoms with Gasteiger partial charge in [-0.1, -0.05) is 13.0 Å². The minimum absolute atomic E-state index is 0.0949. The van der Waals surface area contributed by atoms with Gasteiger partial charge in [0.2, 0.25) is 5.91 Å². The number of amides is 1. The van der Waals surface area contributed by atoms with Crippen LogP contribution < -0.4 is 15.1 Å². The summed E-state index contributed by atoms with van der Waals surface area (Å²) in [5.74, 6) is 0.0949. The average molecular weight is 375 g/mol. The van der Waals surface area contributed by atoms with Crippen LogP contribution in [-0.2, 0) is 11.2 Å². The lowest BCUT2D eigenvalue weighted by Gasteiger charge is -2.20. The molecule has 1 amide bonds. The molecule has 2 heterocycles. The Balaban J connectivity index is 0.000000254. The van der Waals surface area contributed by atoms with Crippen LogP contribution in [0.4, 0.5) is 11.4 Å². The Kier molecular flexibility index (Phi) is 7.23.